The summed E-state index contributed by atoms with van der Waals surface area (Å²) in [7, 11) is 0. The van der Waals surface area contributed by atoms with Crippen molar-refractivity contribution < 1.29 is 9.90 Å². The summed E-state index contributed by atoms with van der Waals surface area (Å²) in [6, 6.07) is 10.3. The van der Waals surface area contributed by atoms with Crippen molar-refractivity contribution in [1.82, 2.24) is 0 Å². The van der Waals surface area contributed by atoms with Crippen LogP contribution in [0.4, 0.5) is 0 Å². The fourth-order valence-corrected chi connectivity index (χ4v) is 2.41. The van der Waals surface area contributed by atoms with Crippen LogP contribution in [0, 0.1) is 0 Å². The number of aliphatic carboxylic acids is 1. The number of hydrogen-bond acceptors (Lipinski definition) is 2. The van der Waals surface area contributed by atoms with Gasteiger partial charge in [0.25, 0.3) is 0 Å². The molecule has 1 aliphatic rings. The van der Waals surface area contributed by atoms with Crippen LogP contribution in [0.1, 0.15) is 37.2 Å². The molecule has 1 saturated carbocycles. The van der Waals surface area contributed by atoms with E-state index in [1.807, 2.05) is 18.2 Å². The van der Waals surface area contributed by atoms with Crippen molar-refractivity contribution in [2.75, 3.05) is 0 Å². The monoisotopic (exact) mass is 219 g/mol. The lowest BCUT2D eigenvalue weighted by Crippen LogP contribution is -2.50. The van der Waals surface area contributed by atoms with Crippen LogP contribution in [0.5, 0.6) is 0 Å². The van der Waals surface area contributed by atoms with Crippen LogP contribution in [-0.2, 0) is 4.79 Å². The summed E-state index contributed by atoms with van der Waals surface area (Å²) in [5, 5.41) is 9.03. The molecule has 0 spiro atoms. The van der Waals surface area contributed by atoms with Crippen molar-refractivity contribution in [3.8, 4) is 0 Å². The second-order valence-corrected chi connectivity index (χ2v) is 4.65. The largest absolute Gasteiger partial charge is 0.480 e. The van der Waals surface area contributed by atoms with Gasteiger partial charge < -0.3 is 10.8 Å². The van der Waals surface area contributed by atoms with Gasteiger partial charge in [-0.25, -0.2) is 0 Å². The molecule has 0 bridgehead atoms. The van der Waals surface area contributed by atoms with E-state index in [4.69, 9.17) is 10.8 Å². The summed E-state index contributed by atoms with van der Waals surface area (Å²) >= 11 is 0. The van der Waals surface area contributed by atoms with E-state index in [-0.39, 0.29) is 0 Å². The van der Waals surface area contributed by atoms with E-state index >= 15 is 0 Å². The first-order chi connectivity index (χ1) is 7.62. The van der Waals surface area contributed by atoms with Crippen LogP contribution in [0.15, 0.2) is 30.3 Å². The minimum Gasteiger partial charge on any atom is -0.480 e. The molecular formula is C13H17NO2. The van der Waals surface area contributed by atoms with Crippen molar-refractivity contribution in [3.05, 3.63) is 35.9 Å². The molecule has 0 saturated heterocycles. The highest BCUT2D eigenvalue weighted by Gasteiger charge is 2.38. The molecule has 0 atom stereocenters. The number of carboxylic acids is 1. The average molecular weight is 219 g/mol. The molecule has 2 rings (SSSR count). The van der Waals surface area contributed by atoms with Crippen molar-refractivity contribution >= 4 is 5.97 Å². The van der Waals surface area contributed by atoms with Gasteiger partial charge in [-0.1, -0.05) is 30.3 Å². The second-order valence-electron chi connectivity index (χ2n) is 4.65. The van der Waals surface area contributed by atoms with E-state index in [1.165, 1.54) is 5.56 Å². The Morgan fingerprint density at radius 3 is 2.31 bits per heavy atom. The first-order valence-electron chi connectivity index (χ1n) is 5.69. The normalized spacial score (nSPS) is 29.9. The number of benzene rings is 1. The fourth-order valence-electron chi connectivity index (χ4n) is 2.41. The predicted molar refractivity (Wildman–Crippen MR) is 62.2 cm³/mol. The zero-order valence-electron chi connectivity index (χ0n) is 9.23. The molecule has 0 radical (unpaired) electrons. The Hall–Kier alpha value is -1.35. The molecular weight excluding hydrogens is 202 g/mol. The van der Waals surface area contributed by atoms with Gasteiger partial charge in [-0.05, 0) is 37.2 Å². The number of carboxylic acid groups (broad SMARTS) is 1. The lowest BCUT2D eigenvalue weighted by molar-refractivity contribution is -0.144. The quantitative estimate of drug-likeness (QED) is 0.800. The molecule has 1 aromatic rings. The molecule has 3 N–H and O–H groups in total. The highest BCUT2D eigenvalue weighted by Crippen LogP contribution is 2.36. The summed E-state index contributed by atoms with van der Waals surface area (Å²) in [4.78, 5) is 11.0. The van der Waals surface area contributed by atoms with Crippen LogP contribution in [0.2, 0.25) is 0 Å². The lowest BCUT2D eigenvalue weighted by atomic mass is 9.75. The van der Waals surface area contributed by atoms with Crippen LogP contribution in [0.3, 0.4) is 0 Å². The van der Waals surface area contributed by atoms with Crippen LogP contribution < -0.4 is 5.73 Å². The molecule has 86 valence electrons. The number of rotatable bonds is 2. The average Bonchev–Trinajstić information content (AvgIpc) is 2.31. The van der Waals surface area contributed by atoms with E-state index < -0.39 is 11.5 Å². The first kappa shape index (κ1) is 11.1. The number of carbonyl (C=O) groups is 1. The maximum absolute atomic E-state index is 11.0. The Bertz CT molecular complexity index is 367. The van der Waals surface area contributed by atoms with E-state index in [1.54, 1.807) is 0 Å². The highest BCUT2D eigenvalue weighted by atomic mass is 16.4. The van der Waals surface area contributed by atoms with Gasteiger partial charge in [0, 0.05) is 0 Å². The van der Waals surface area contributed by atoms with Crippen LogP contribution in [0.25, 0.3) is 0 Å². The van der Waals surface area contributed by atoms with Gasteiger partial charge in [-0.2, -0.15) is 0 Å². The molecule has 0 amide bonds. The Labute approximate surface area is 95.3 Å². The maximum atomic E-state index is 11.0. The summed E-state index contributed by atoms with van der Waals surface area (Å²) in [5.74, 6) is -0.392. The van der Waals surface area contributed by atoms with Gasteiger partial charge in [0.2, 0.25) is 0 Å². The molecule has 1 aliphatic carbocycles. The van der Waals surface area contributed by atoms with Gasteiger partial charge >= 0.3 is 5.97 Å². The highest BCUT2D eigenvalue weighted by molar-refractivity contribution is 5.78. The third kappa shape index (κ3) is 2.09. The van der Waals surface area contributed by atoms with Crippen molar-refractivity contribution in [3.63, 3.8) is 0 Å². The summed E-state index contributed by atoms with van der Waals surface area (Å²) < 4.78 is 0. The summed E-state index contributed by atoms with van der Waals surface area (Å²) in [5.41, 5.74) is 6.15. The third-order valence-electron chi connectivity index (χ3n) is 3.57. The molecule has 3 heteroatoms. The van der Waals surface area contributed by atoms with Gasteiger partial charge in [-0.3, -0.25) is 4.79 Å². The van der Waals surface area contributed by atoms with Crippen LogP contribution >= 0.6 is 0 Å². The predicted octanol–water partition coefficient (Wildman–Crippen LogP) is 2.13. The topological polar surface area (TPSA) is 63.3 Å². The first-order valence-corrected chi connectivity index (χ1v) is 5.69. The van der Waals surface area contributed by atoms with E-state index in [0.29, 0.717) is 18.8 Å². The molecule has 3 nitrogen and oxygen atoms in total. The number of hydrogen-bond donors (Lipinski definition) is 2. The van der Waals surface area contributed by atoms with Crippen molar-refractivity contribution in [2.45, 2.75) is 37.1 Å². The fraction of sp³-hybridized carbons (Fsp3) is 0.462. The minimum absolute atomic E-state index is 0.470. The Kier molecular flexibility index (Phi) is 2.97. The Morgan fingerprint density at radius 2 is 1.81 bits per heavy atom. The summed E-state index contributed by atoms with van der Waals surface area (Å²) in [6.45, 7) is 0. The van der Waals surface area contributed by atoms with Gasteiger partial charge in [0.15, 0.2) is 0 Å². The number of nitrogens with two attached hydrogens (primary N) is 1. The SMILES string of the molecule is NC1(C(=O)O)CCC(c2ccccc2)CC1. The minimum atomic E-state index is -0.995. The molecule has 0 aliphatic heterocycles. The molecule has 0 aromatic heterocycles. The molecule has 0 unspecified atom stereocenters. The second kappa shape index (κ2) is 4.26. The Balaban J connectivity index is 2.03. The Morgan fingerprint density at radius 1 is 1.25 bits per heavy atom. The van der Waals surface area contributed by atoms with E-state index in [2.05, 4.69) is 12.1 Å². The van der Waals surface area contributed by atoms with E-state index in [9.17, 15) is 4.79 Å². The van der Waals surface area contributed by atoms with Gasteiger partial charge in [0.05, 0.1) is 0 Å². The van der Waals surface area contributed by atoms with Crippen molar-refractivity contribution in [1.29, 1.82) is 0 Å². The standard InChI is InChI=1S/C13H17NO2/c14-13(12(15)16)8-6-11(7-9-13)10-4-2-1-3-5-10/h1-5,11H,6-9,14H2,(H,15,16). The zero-order chi connectivity index (χ0) is 11.6. The van der Waals surface area contributed by atoms with Gasteiger partial charge in [0.1, 0.15) is 5.54 Å². The van der Waals surface area contributed by atoms with Gasteiger partial charge in [-0.15, -0.1) is 0 Å². The van der Waals surface area contributed by atoms with E-state index in [0.717, 1.165) is 12.8 Å². The van der Waals surface area contributed by atoms with Crippen molar-refractivity contribution in [2.24, 2.45) is 5.73 Å². The smallest absolute Gasteiger partial charge is 0.323 e. The molecule has 0 heterocycles. The molecule has 16 heavy (non-hydrogen) atoms. The lowest BCUT2D eigenvalue weighted by Gasteiger charge is -2.33. The summed E-state index contributed by atoms with van der Waals surface area (Å²) in [6.07, 6.45) is 2.88. The molecule has 1 aromatic carbocycles. The van der Waals surface area contributed by atoms with Crippen LogP contribution in [-0.4, -0.2) is 16.6 Å². The molecule has 1 fully saturated rings. The zero-order valence-corrected chi connectivity index (χ0v) is 9.23. The third-order valence-corrected chi connectivity index (χ3v) is 3.57. The maximum Gasteiger partial charge on any atom is 0.323 e.